The van der Waals surface area contributed by atoms with E-state index >= 15 is 0 Å². The molecule has 0 amide bonds. The maximum Gasteiger partial charge on any atom is 0.207 e. The Labute approximate surface area is 115 Å². The van der Waals surface area contributed by atoms with Gasteiger partial charge >= 0.3 is 0 Å². The summed E-state index contributed by atoms with van der Waals surface area (Å²) in [4.78, 5) is 0. The quantitative estimate of drug-likeness (QED) is 0.346. The molecule has 21 heavy (non-hydrogen) atoms. The van der Waals surface area contributed by atoms with Crippen LogP contribution in [0, 0.1) is 47.6 Å². The molecule has 0 atom stereocenters. The van der Waals surface area contributed by atoms with Crippen LogP contribution in [0.3, 0.4) is 0 Å². The van der Waals surface area contributed by atoms with Crippen molar-refractivity contribution < 1.29 is 30.7 Å². The Kier molecular flexibility index (Phi) is 3.98. The summed E-state index contributed by atoms with van der Waals surface area (Å²) in [5.41, 5.74) is -2.71. The zero-order valence-electron chi connectivity index (χ0n) is 10.4. The molecule has 2 aromatic rings. The zero-order chi connectivity index (χ0) is 15.9. The van der Waals surface area contributed by atoms with Crippen molar-refractivity contribution in [3.05, 3.63) is 58.4 Å². The van der Waals surface area contributed by atoms with Gasteiger partial charge in [0.2, 0.25) is 7.28 Å². The number of halogens is 7. The van der Waals surface area contributed by atoms with E-state index in [9.17, 15) is 30.7 Å². The predicted molar refractivity (Wildman–Crippen MR) is 62.3 cm³/mol. The number of hydrogen-bond acceptors (Lipinski definition) is 0. The molecule has 8 heteroatoms. The van der Waals surface area contributed by atoms with Crippen molar-refractivity contribution in [2.45, 2.75) is 6.92 Å². The van der Waals surface area contributed by atoms with Gasteiger partial charge in [-0.1, -0.05) is 0 Å². The molecule has 0 unspecified atom stereocenters. The second-order valence-corrected chi connectivity index (χ2v) is 4.22. The second kappa shape index (κ2) is 5.42. The highest BCUT2D eigenvalue weighted by Gasteiger charge is 2.24. The van der Waals surface area contributed by atoms with E-state index in [0.717, 1.165) is 6.92 Å². The molecular weight excluding hydrogens is 300 g/mol. The molecule has 0 aliphatic rings. The van der Waals surface area contributed by atoms with Crippen molar-refractivity contribution in [3.63, 3.8) is 0 Å². The average Bonchev–Trinajstić information content (AvgIpc) is 2.42. The van der Waals surface area contributed by atoms with Crippen LogP contribution in [-0.4, -0.2) is 7.28 Å². The Balaban J connectivity index is 2.59. The van der Waals surface area contributed by atoms with E-state index in [1.807, 2.05) is 0 Å². The van der Waals surface area contributed by atoms with E-state index in [1.54, 1.807) is 0 Å². The Morgan fingerprint density at radius 1 is 0.619 bits per heavy atom. The molecule has 2 rings (SSSR count). The Morgan fingerprint density at radius 3 is 1.67 bits per heavy atom. The lowest BCUT2D eigenvalue weighted by Crippen LogP contribution is -2.38. The van der Waals surface area contributed by atoms with Gasteiger partial charge in [0.25, 0.3) is 0 Å². The van der Waals surface area contributed by atoms with Crippen LogP contribution in [0.2, 0.25) is 0 Å². The summed E-state index contributed by atoms with van der Waals surface area (Å²) < 4.78 is 93.0. The smallest absolute Gasteiger partial charge is 0.207 e. The first kappa shape index (κ1) is 15.4. The maximum absolute atomic E-state index is 13.7. The van der Waals surface area contributed by atoms with Crippen molar-refractivity contribution in [1.82, 2.24) is 0 Å². The van der Waals surface area contributed by atoms with E-state index in [2.05, 4.69) is 0 Å². The molecule has 0 saturated carbocycles. The van der Waals surface area contributed by atoms with Crippen LogP contribution in [0.4, 0.5) is 30.7 Å². The summed E-state index contributed by atoms with van der Waals surface area (Å²) in [7, 11) is 0.310. The second-order valence-electron chi connectivity index (χ2n) is 4.22. The monoisotopic (exact) mass is 305 g/mol. The Bertz CT molecular complexity index is 666. The van der Waals surface area contributed by atoms with Gasteiger partial charge in [0, 0.05) is 17.7 Å². The van der Waals surface area contributed by atoms with Gasteiger partial charge in [0.05, 0.1) is 0 Å². The van der Waals surface area contributed by atoms with E-state index in [4.69, 9.17) is 0 Å². The van der Waals surface area contributed by atoms with Gasteiger partial charge in [0.15, 0.2) is 17.5 Å². The molecule has 0 saturated heterocycles. The van der Waals surface area contributed by atoms with E-state index in [0.29, 0.717) is 13.3 Å². The molecule has 0 bridgehead atoms. The van der Waals surface area contributed by atoms with Crippen molar-refractivity contribution in [1.29, 1.82) is 0 Å². The van der Waals surface area contributed by atoms with Crippen molar-refractivity contribution in [2.24, 2.45) is 0 Å². The van der Waals surface area contributed by atoms with Gasteiger partial charge in [-0.15, -0.1) is 0 Å². The van der Waals surface area contributed by atoms with Crippen LogP contribution >= 0.6 is 0 Å². The third-order valence-electron chi connectivity index (χ3n) is 2.87. The minimum absolute atomic E-state index is 0.0381. The Morgan fingerprint density at radius 2 is 1.10 bits per heavy atom. The van der Waals surface area contributed by atoms with Crippen molar-refractivity contribution >= 4 is 18.2 Å². The standard InChI is InChI=1S/C13H5BF7/c1-4-5(15)2-6(16)9(11(4)19)14-10-7(17)3-8(18)12(20)13(10)21/h2-3H,1H3. The van der Waals surface area contributed by atoms with Crippen LogP contribution in [0.15, 0.2) is 12.1 Å². The molecule has 0 fully saturated rings. The lowest BCUT2D eigenvalue weighted by molar-refractivity contribution is 0.440. The topological polar surface area (TPSA) is 0 Å². The first-order valence-corrected chi connectivity index (χ1v) is 5.55. The minimum atomic E-state index is -1.98. The SMILES string of the molecule is Cc1c(F)cc(F)c([B]c2c(F)cc(F)c(F)c2F)c1F. The molecule has 0 aliphatic heterocycles. The molecule has 0 nitrogen and oxygen atoms in total. The third-order valence-corrected chi connectivity index (χ3v) is 2.87. The summed E-state index contributed by atoms with van der Waals surface area (Å²) in [5, 5.41) is 0. The van der Waals surface area contributed by atoms with E-state index in [1.165, 1.54) is 0 Å². The molecule has 1 radical (unpaired) electrons. The highest BCUT2D eigenvalue weighted by atomic mass is 19.2. The minimum Gasteiger partial charge on any atom is -0.207 e. The third kappa shape index (κ3) is 2.62. The van der Waals surface area contributed by atoms with Gasteiger partial charge in [-0.25, -0.2) is 30.7 Å². The predicted octanol–water partition coefficient (Wildman–Crippen LogP) is 2.62. The fourth-order valence-electron chi connectivity index (χ4n) is 1.70. The molecule has 0 heterocycles. The summed E-state index contributed by atoms with van der Waals surface area (Å²) in [5.74, 6) is -11.3. The molecule has 0 aliphatic carbocycles. The number of hydrogen-bond donors (Lipinski definition) is 0. The highest BCUT2D eigenvalue weighted by Crippen LogP contribution is 2.13. The van der Waals surface area contributed by atoms with Crippen LogP contribution in [0.25, 0.3) is 0 Å². The molecule has 0 N–H and O–H groups in total. The van der Waals surface area contributed by atoms with E-state index < -0.39 is 57.2 Å². The maximum atomic E-state index is 13.7. The summed E-state index contributed by atoms with van der Waals surface area (Å²) >= 11 is 0. The number of benzene rings is 2. The lowest BCUT2D eigenvalue weighted by atomic mass is 9.62. The first-order chi connectivity index (χ1) is 9.73. The van der Waals surface area contributed by atoms with Gasteiger partial charge in [-0.05, 0) is 17.8 Å². The largest absolute Gasteiger partial charge is 0.207 e. The van der Waals surface area contributed by atoms with Gasteiger partial charge in [-0.3, -0.25) is 0 Å². The summed E-state index contributed by atoms with van der Waals surface area (Å²) in [6, 6.07) is 0.358. The van der Waals surface area contributed by atoms with Gasteiger partial charge < -0.3 is 0 Å². The molecule has 2 aromatic carbocycles. The lowest BCUT2D eigenvalue weighted by Gasteiger charge is -2.10. The molecular formula is C13H5BF7. The van der Waals surface area contributed by atoms with Crippen LogP contribution in [0.5, 0.6) is 0 Å². The van der Waals surface area contributed by atoms with Crippen LogP contribution in [0.1, 0.15) is 5.56 Å². The van der Waals surface area contributed by atoms with Gasteiger partial charge in [-0.2, -0.15) is 0 Å². The first-order valence-electron chi connectivity index (χ1n) is 5.55. The fraction of sp³-hybridized carbons (Fsp3) is 0.0769. The highest BCUT2D eigenvalue weighted by molar-refractivity contribution is 6.67. The number of rotatable bonds is 2. The summed E-state index contributed by atoms with van der Waals surface area (Å²) in [6.07, 6.45) is 0. The molecule has 0 spiro atoms. The Hall–Kier alpha value is -1.99. The van der Waals surface area contributed by atoms with Crippen LogP contribution < -0.4 is 10.9 Å². The average molecular weight is 305 g/mol. The molecule has 0 aromatic heterocycles. The van der Waals surface area contributed by atoms with Crippen molar-refractivity contribution in [2.75, 3.05) is 0 Å². The zero-order valence-corrected chi connectivity index (χ0v) is 10.4. The normalized spacial score (nSPS) is 10.9. The summed E-state index contributed by atoms with van der Waals surface area (Å²) in [6.45, 7) is 0.986. The van der Waals surface area contributed by atoms with E-state index in [-0.39, 0.29) is 6.07 Å². The van der Waals surface area contributed by atoms with Crippen molar-refractivity contribution in [3.8, 4) is 0 Å². The molecule has 109 valence electrons. The van der Waals surface area contributed by atoms with Gasteiger partial charge in [0.1, 0.15) is 23.3 Å². The fourth-order valence-corrected chi connectivity index (χ4v) is 1.70. The van der Waals surface area contributed by atoms with Crippen LogP contribution in [-0.2, 0) is 0 Å².